The van der Waals surface area contributed by atoms with Gasteiger partial charge in [-0.2, -0.15) is 0 Å². The minimum absolute atomic E-state index is 0.257. The average Bonchev–Trinajstić information content (AvgIpc) is 2.53. The van der Waals surface area contributed by atoms with E-state index in [2.05, 4.69) is 5.32 Å². The van der Waals surface area contributed by atoms with Crippen LogP contribution in [0, 0.1) is 11.6 Å². The van der Waals surface area contributed by atoms with Gasteiger partial charge >= 0.3 is 6.03 Å². The van der Waals surface area contributed by atoms with Crippen molar-refractivity contribution < 1.29 is 23.1 Å². The second-order valence-corrected chi connectivity index (χ2v) is 4.58. The molecule has 0 aliphatic rings. The maximum atomic E-state index is 13.3. The lowest BCUT2D eigenvalue weighted by molar-refractivity contribution is -0.122. The third-order valence-corrected chi connectivity index (χ3v) is 2.80. The second kappa shape index (κ2) is 7.88. The number of benzene rings is 2. The van der Waals surface area contributed by atoms with Gasteiger partial charge in [-0.3, -0.25) is 10.1 Å². The topological polar surface area (TPSA) is 67.4 Å². The Morgan fingerprint density at radius 1 is 1.04 bits per heavy atom. The summed E-state index contributed by atoms with van der Waals surface area (Å²) >= 11 is 0. The largest absolute Gasteiger partial charge is 0.481 e. The van der Waals surface area contributed by atoms with E-state index in [-0.39, 0.29) is 12.3 Å². The summed E-state index contributed by atoms with van der Waals surface area (Å²) in [5, 5.41) is 4.54. The van der Waals surface area contributed by atoms with Gasteiger partial charge in [0, 0.05) is 12.6 Å². The number of urea groups is 1. The molecule has 0 aliphatic heterocycles. The van der Waals surface area contributed by atoms with E-state index in [0.717, 1.165) is 17.7 Å². The number of halogens is 2. The number of carbonyl (C=O) groups excluding carboxylic acids is 2. The number of amides is 3. The molecule has 2 aromatic rings. The summed E-state index contributed by atoms with van der Waals surface area (Å²) < 4.78 is 30.9. The number of ether oxygens (including phenoxy) is 1. The highest BCUT2D eigenvalue weighted by Gasteiger charge is 2.10. The summed E-state index contributed by atoms with van der Waals surface area (Å²) in [6.07, 6.45) is 0. The van der Waals surface area contributed by atoms with Crippen molar-refractivity contribution in [3.05, 3.63) is 65.7 Å². The predicted molar refractivity (Wildman–Crippen MR) is 78.7 cm³/mol. The van der Waals surface area contributed by atoms with Crippen LogP contribution in [-0.2, 0) is 11.3 Å². The number of nitrogens with one attached hydrogen (secondary N) is 2. The summed E-state index contributed by atoms with van der Waals surface area (Å²) in [4.78, 5) is 23.1. The van der Waals surface area contributed by atoms with Crippen LogP contribution in [0.5, 0.6) is 5.75 Å². The molecule has 2 rings (SSSR count). The molecule has 0 radical (unpaired) electrons. The predicted octanol–water partition coefficient (Wildman–Crippen LogP) is 2.37. The van der Waals surface area contributed by atoms with Crippen LogP contribution in [-0.4, -0.2) is 18.5 Å². The summed E-state index contributed by atoms with van der Waals surface area (Å²) in [6.45, 7) is -0.311. The standard InChI is InChI=1S/C16H14F2N2O3/c17-12-6-7-14(13(18)8-12)23-10-15(21)20-16(22)19-9-11-4-2-1-3-5-11/h1-8H,9-10H2,(H2,19,20,21,22). The molecule has 0 fully saturated rings. The van der Waals surface area contributed by atoms with Crippen LogP contribution in [0.15, 0.2) is 48.5 Å². The zero-order valence-electron chi connectivity index (χ0n) is 12.0. The number of rotatable bonds is 5. The van der Waals surface area contributed by atoms with Crippen molar-refractivity contribution in [1.29, 1.82) is 0 Å². The van der Waals surface area contributed by atoms with Crippen LogP contribution < -0.4 is 15.4 Å². The van der Waals surface area contributed by atoms with Crippen LogP contribution in [0.1, 0.15) is 5.56 Å². The molecule has 0 spiro atoms. The Morgan fingerprint density at radius 3 is 2.48 bits per heavy atom. The third-order valence-electron chi connectivity index (χ3n) is 2.80. The first-order valence-electron chi connectivity index (χ1n) is 6.74. The first-order valence-corrected chi connectivity index (χ1v) is 6.74. The molecule has 7 heteroatoms. The van der Waals surface area contributed by atoms with E-state index in [9.17, 15) is 18.4 Å². The van der Waals surface area contributed by atoms with Crippen LogP contribution in [0.25, 0.3) is 0 Å². The number of hydrogen-bond acceptors (Lipinski definition) is 3. The van der Waals surface area contributed by atoms with Crippen molar-refractivity contribution in [1.82, 2.24) is 10.6 Å². The Bertz CT molecular complexity index is 693. The normalized spacial score (nSPS) is 10.0. The SMILES string of the molecule is O=C(COc1ccc(F)cc1F)NC(=O)NCc1ccccc1. The van der Waals surface area contributed by atoms with Crippen LogP contribution in [0.3, 0.4) is 0 Å². The number of hydrogen-bond donors (Lipinski definition) is 2. The van der Waals surface area contributed by atoms with E-state index < -0.39 is 30.2 Å². The smallest absolute Gasteiger partial charge is 0.321 e. The molecular weight excluding hydrogens is 306 g/mol. The fraction of sp³-hybridized carbons (Fsp3) is 0.125. The average molecular weight is 320 g/mol. The van der Waals surface area contributed by atoms with E-state index in [0.29, 0.717) is 6.07 Å². The van der Waals surface area contributed by atoms with Gasteiger partial charge in [-0.25, -0.2) is 13.6 Å². The molecule has 0 aliphatic carbocycles. The van der Waals surface area contributed by atoms with E-state index >= 15 is 0 Å². The Balaban J connectivity index is 1.74. The molecule has 0 saturated carbocycles. The highest BCUT2D eigenvalue weighted by atomic mass is 19.1. The molecule has 0 atom stereocenters. The van der Waals surface area contributed by atoms with Crippen molar-refractivity contribution in [3.8, 4) is 5.75 Å². The lowest BCUT2D eigenvalue weighted by Crippen LogP contribution is -2.41. The molecular formula is C16H14F2N2O3. The van der Waals surface area contributed by atoms with Gasteiger partial charge in [0.15, 0.2) is 18.2 Å². The fourth-order valence-electron chi connectivity index (χ4n) is 1.72. The van der Waals surface area contributed by atoms with Gasteiger partial charge in [0.1, 0.15) is 5.82 Å². The monoisotopic (exact) mass is 320 g/mol. The molecule has 0 aromatic heterocycles. The molecule has 0 bridgehead atoms. The minimum Gasteiger partial charge on any atom is -0.481 e. The Morgan fingerprint density at radius 2 is 1.78 bits per heavy atom. The minimum atomic E-state index is -0.925. The molecule has 0 unspecified atom stereocenters. The first-order chi connectivity index (χ1) is 11.0. The molecule has 23 heavy (non-hydrogen) atoms. The molecule has 0 heterocycles. The van der Waals surface area contributed by atoms with Crippen molar-refractivity contribution in [2.24, 2.45) is 0 Å². The van der Waals surface area contributed by atoms with E-state index in [4.69, 9.17) is 4.74 Å². The van der Waals surface area contributed by atoms with E-state index in [1.54, 1.807) is 0 Å². The maximum Gasteiger partial charge on any atom is 0.321 e. The molecule has 5 nitrogen and oxygen atoms in total. The molecule has 120 valence electrons. The zero-order valence-corrected chi connectivity index (χ0v) is 12.0. The van der Waals surface area contributed by atoms with Crippen LogP contribution in [0.4, 0.5) is 13.6 Å². The number of carbonyl (C=O) groups is 2. The van der Waals surface area contributed by atoms with Gasteiger partial charge in [0.05, 0.1) is 0 Å². The first kappa shape index (κ1) is 16.4. The maximum absolute atomic E-state index is 13.3. The van der Waals surface area contributed by atoms with Crippen LogP contribution >= 0.6 is 0 Å². The van der Waals surface area contributed by atoms with E-state index in [1.807, 2.05) is 35.6 Å². The molecule has 0 saturated heterocycles. The van der Waals surface area contributed by atoms with Gasteiger partial charge in [-0.15, -0.1) is 0 Å². The fourth-order valence-corrected chi connectivity index (χ4v) is 1.72. The van der Waals surface area contributed by atoms with Gasteiger partial charge in [-0.1, -0.05) is 30.3 Å². The lowest BCUT2D eigenvalue weighted by atomic mass is 10.2. The van der Waals surface area contributed by atoms with Crippen molar-refractivity contribution in [2.75, 3.05) is 6.61 Å². The zero-order chi connectivity index (χ0) is 16.7. The summed E-state index contributed by atoms with van der Waals surface area (Å²) in [5.41, 5.74) is 0.875. The molecule has 2 N–H and O–H groups in total. The highest BCUT2D eigenvalue weighted by Crippen LogP contribution is 2.17. The molecule has 3 amide bonds. The quantitative estimate of drug-likeness (QED) is 0.889. The Hall–Kier alpha value is -2.96. The van der Waals surface area contributed by atoms with Gasteiger partial charge in [0.25, 0.3) is 5.91 Å². The van der Waals surface area contributed by atoms with Crippen molar-refractivity contribution in [2.45, 2.75) is 6.54 Å². The summed E-state index contributed by atoms with van der Waals surface area (Å²) in [7, 11) is 0. The second-order valence-electron chi connectivity index (χ2n) is 4.58. The third kappa shape index (κ3) is 5.39. The summed E-state index contributed by atoms with van der Waals surface area (Å²) in [5.74, 6) is -2.70. The van der Waals surface area contributed by atoms with Gasteiger partial charge in [0.2, 0.25) is 0 Å². The Labute approximate surface area is 131 Å². The highest BCUT2D eigenvalue weighted by molar-refractivity contribution is 5.94. The lowest BCUT2D eigenvalue weighted by Gasteiger charge is -2.08. The Kier molecular flexibility index (Phi) is 5.62. The van der Waals surface area contributed by atoms with Crippen molar-refractivity contribution in [3.63, 3.8) is 0 Å². The van der Waals surface area contributed by atoms with Gasteiger partial charge in [-0.05, 0) is 17.7 Å². The van der Waals surface area contributed by atoms with Gasteiger partial charge < -0.3 is 10.1 Å². The molecule has 2 aromatic carbocycles. The number of imide groups is 1. The summed E-state index contributed by atoms with van der Waals surface area (Å²) in [6, 6.07) is 11.2. The van der Waals surface area contributed by atoms with E-state index in [1.165, 1.54) is 0 Å². The van der Waals surface area contributed by atoms with Crippen LogP contribution in [0.2, 0.25) is 0 Å². The van der Waals surface area contributed by atoms with Crippen molar-refractivity contribution >= 4 is 11.9 Å².